The minimum Gasteiger partial charge on any atom is -0.497 e. The number of carbonyl (C=O) groups excluding carboxylic acids is 1. The molecule has 0 unspecified atom stereocenters. The highest BCUT2D eigenvalue weighted by atomic mass is 16.5. The molecule has 3 aromatic heterocycles. The molecule has 9 nitrogen and oxygen atoms in total. The van der Waals surface area contributed by atoms with Crippen molar-refractivity contribution in [2.75, 3.05) is 24.3 Å². The Kier molecular flexibility index (Phi) is 5.27. The minimum atomic E-state index is -0.617. The van der Waals surface area contributed by atoms with Crippen LogP contribution in [0.5, 0.6) is 5.75 Å². The average Bonchev–Trinajstić information content (AvgIpc) is 3.45. The quantitative estimate of drug-likeness (QED) is 0.248. The number of hydrogen-bond donors (Lipinski definition) is 5. The van der Waals surface area contributed by atoms with E-state index < -0.39 is 5.91 Å². The molecule has 0 fully saturated rings. The van der Waals surface area contributed by atoms with Crippen molar-refractivity contribution in [2.24, 2.45) is 5.73 Å². The summed E-state index contributed by atoms with van der Waals surface area (Å²) in [5, 5.41) is 8.60. The van der Waals surface area contributed by atoms with Gasteiger partial charge >= 0.3 is 0 Å². The fraction of sp³-hybridized carbons (Fsp3) is 0.125. The Labute approximate surface area is 189 Å². The van der Waals surface area contributed by atoms with E-state index >= 15 is 0 Å². The zero-order valence-electron chi connectivity index (χ0n) is 18.0. The maximum atomic E-state index is 11.8. The van der Waals surface area contributed by atoms with Gasteiger partial charge in [-0.2, -0.15) is 4.98 Å². The van der Waals surface area contributed by atoms with Crippen molar-refractivity contribution < 1.29 is 9.53 Å². The van der Waals surface area contributed by atoms with Gasteiger partial charge in [0.15, 0.2) is 0 Å². The van der Waals surface area contributed by atoms with Crippen LogP contribution >= 0.6 is 0 Å². The highest BCUT2D eigenvalue weighted by molar-refractivity contribution is 5.92. The first kappa shape index (κ1) is 20.4. The van der Waals surface area contributed by atoms with Gasteiger partial charge in [-0.3, -0.25) is 4.79 Å². The maximum Gasteiger partial charge on any atom is 0.267 e. The SMILES string of the molecule is COc1ccc2[nH]cc(CCNc3nc(Nc4ccc5[nH]ccc5c4)cc(C(N)=O)n3)c2c1. The normalized spacial score (nSPS) is 11.1. The third-order valence-electron chi connectivity index (χ3n) is 5.46. The van der Waals surface area contributed by atoms with E-state index in [2.05, 4.69) is 30.6 Å². The van der Waals surface area contributed by atoms with Gasteiger partial charge in [0.05, 0.1) is 7.11 Å². The molecule has 0 bridgehead atoms. The fourth-order valence-electron chi connectivity index (χ4n) is 3.80. The number of nitrogens with zero attached hydrogens (tertiary/aromatic N) is 2. The van der Waals surface area contributed by atoms with Gasteiger partial charge in [-0.1, -0.05) is 0 Å². The molecule has 6 N–H and O–H groups in total. The lowest BCUT2D eigenvalue weighted by Crippen LogP contribution is -2.17. The number of fused-ring (bicyclic) bond motifs is 2. The highest BCUT2D eigenvalue weighted by Gasteiger charge is 2.11. The Bertz CT molecular complexity index is 1450. The second-order valence-electron chi connectivity index (χ2n) is 7.63. The minimum absolute atomic E-state index is 0.134. The molecule has 1 amide bonds. The Balaban J connectivity index is 1.33. The number of nitrogens with two attached hydrogens (primary N) is 1. The van der Waals surface area contributed by atoms with E-state index in [0.717, 1.165) is 45.2 Å². The van der Waals surface area contributed by atoms with Crippen LogP contribution in [0.4, 0.5) is 17.5 Å². The van der Waals surface area contributed by atoms with Gasteiger partial charge < -0.3 is 31.1 Å². The van der Waals surface area contributed by atoms with Crippen LogP contribution < -0.4 is 21.1 Å². The van der Waals surface area contributed by atoms with Crippen molar-refractivity contribution in [3.05, 3.63) is 72.2 Å². The number of hydrogen-bond acceptors (Lipinski definition) is 6. The van der Waals surface area contributed by atoms with Crippen LogP contribution in [-0.2, 0) is 6.42 Å². The summed E-state index contributed by atoms with van der Waals surface area (Å²) in [6.07, 6.45) is 4.59. The number of nitrogens with one attached hydrogen (secondary N) is 4. The summed E-state index contributed by atoms with van der Waals surface area (Å²) in [6.45, 7) is 0.571. The predicted molar refractivity (Wildman–Crippen MR) is 129 cm³/mol. The van der Waals surface area contributed by atoms with E-state index in [0.29, 0.717) is 18.3 Å². The third kappa shape index (κ3) is 4.29. The molecule has 0 saturated carbocycles. The molecule has 0 aliphatic heterocycles. The van der Waals surface area contributed by atoms with Gasteiger partial charge in [-0.05, 0) is 54.4 Å². The van der Waals surface area contributed by atoms with Gasteiger partial charge in [0.2, 0.25) is 5.95 Å². The lowest BCUT2D eigenvalue weighted by molar-refractivity contribution is 0.0995. The Hall–Kier alpha value is -4.53. The van der Waals surface area contributed by atoms with Crippen molar-refractivity contribution in [1.29, 1.82) is 0 Å². The summed E-state index contributed by atoms with van der Waals surface area (Å²) in [4.78, 5) is 27.0. The molecule has 0 aliphatic carbocycles. The molecule has 0 spiro atoms. The topological polar surface area (TPSA) is 134 Å². The molecule has 33 heavy (non-hydrogen) atoms. The van der Waals surface area contributed by atoms with Crippen molar-refractivity contribution >= 4 is 45.2 Å². The molecular weight excluding hydrogens is 418 g/mol. The van der Waals surface area contributed by atoms with Gasteiger partial charge in [0.25, 0.3) is 5.91 Å². The van der Waals surface area contributed by atoms with E-state index in [1.807, 2.05) is 54.9 Å². The molecular formula is C24H23N7O2. The lowest BCUT2D eigenvalue weighted by atomic mass is 10.1. The van der Waals surface area contributed by atoms with E-state index in [1.54, 1.807) is 13.2 Å². The molecule has 9 heteroatoms. The van der Waals surface area contributed by atoms with E-state index in [4.69, 9.17) is 10.5 Å². The summed E-state index contributed by atoms with van der Waals surface area (Å²) in [6, 6.07) is 15.4. The Morgan fingerprint density at radius 1 is 1.06 bits per heavy atom. The summed E-state index contributed by atoms with van der Waals surface area (Å²) in [5.41, 5.74) is 9.70. The molecule has 0 saturated heterocycles. The van der Waals surface area contributed by atoms with Crippen LogP contribution in [0.3, 0.4) is 0 Å². The largest absolute Gasteiger partial charge is 0.497 e. The van der Waals surface area contributed by atoms with Gasteiger partial charge in [0, 0.05) is 52.5 Å². The van der Waals surface area contributed by atoms with Gasteiger partial charge in [0.1, 0.15) is 17.3 Å². The van der Waals surface area contributed by atoms with Gasteiger partial charge in [-0.25, -0.2) is 4.98 Å². The molecule has 0 aliphatic rings. The summed E-state index contributed by atoms with van der Waals surface area (Å²) in [7, 11) is 1.65. The molecule has 5 rings (SSSR count). The van der Waals surface area contributed by atoms with Crippen LogP contribution in [-0.4, -0.2) is 39.5 Å². The number of rotatable bonds is 8. The van der Waals surface area contributed by atoms with E-state index in [1.165, 1.54) is 0 Å². The van der Waals surface area contributed by atoms with Crippen LogP contribution in [0.25, 0.3) is 21.8 Å². The second-order valence-corrected chi connectivity index (χ2v) is 7.63. The molecule has 2 aromatic carbocycles. The number of primary amides is 1. The first-order valence-electron chi connectivity index (χ1n) is 10.5. The van der Waals surface area contributed by atoms with Crippen LogP contribution in [0, 0.1) is 0 Å². The number of aromatic nitrogens is 4. The monoisotopic (exact) mass is 441 g/mol. The highest BCUT2D eigenvalue weighted by Crippen LogP contribution is 2.24. The van der Waals surface area contributed by atoms with Gasteiger partial charge in [-0.15, -0.1) is 0 Å². The smallest absolute Gasteiger partial charge is 0.267 e. The van der Waals surface area contributed by atoms with Crippen LogP contribution in [0.2, 0.25) is 0 Å². The molecule has 5 aromatic rings. The first-order valence-corrected chi connectivity index (χ1v) is 10.5. The number of ether oxygens (including phenoxy) is 1. The molecule has 166 valence electrons. The molecule has 3 heterocycles. The van der Waals surface area contributed by atoms with E-state index in [9.17, 15) is 4.79 Å². The van der Waals surface area contributed by atoms with Crippen molar-refractivity contribution in [1.82, 2.24) is 19.9 Å². The number of benzene rings is 2. The summed E-state index contributed by atoms with van der Waals surface area (Å²) < 4.78 is 5.34. The van der Waals surface area contributed by atoms with Crippen molar-refractivity contribution in [3.63, 3.8) is 0 Å². The standard InChI is InChI=1S/C24H23N7O2/c1-33-17-3-5-20-18(11-17)15(13-28-20)7-9-27-24-30-21(23(25)32)12-22(31-24)29-16-2-4-19-14(10-16)6-8-26-19/h2-6,8,10-13,26,28H,7,9H2,1H3,(H2,25,32)(H2,27,29,30,31). The number of amides is 1. The molecule has 0 radical (unpaired) electrons. The molecule has 0 atom stereocenters. The predicted octanol–water partition coefficient (Wildman–Crippen LogP) is 3.94. The zero-order valence-corrected chi connectivity index (χ0v) is 18.0. The van der Waals surface area contributed by atoms with Crippen molar-refractivity contribution in [3.8, 4) is 5.75 Å². The van der Waals surface area contributed by atoms with E-state index in [-0.39, 0.29) is 5.69 Å². The fourth-order valence-corrected chi connectivity index (χ4v) is 3.80. The Morgan fingerprint density at radius 2 is 1.94 bits per heavy atom. The zero-order chi connectivity index (χ0) is 22.8. The number of aromatic amines is 2. The number of carbonyl (C=O) groups is 1. The van der Waals surface area contributed by atoms with Crippen LogP contribution in [0.1, 0.15) is 16.1 Å². The first-order chi connectivity index (χ1) is 16.1. The number of anilines is 3. The third-order valence-corrected chi connectivity index (χ3v) is 5.46. The second kappa shape index (κ2) is 8.54. The average molecular weight is 441 g/mol. The lowest BCUT2D eigenvalue weighted by Gasteiger charge is -2.10. The number of H-pyrrole nitrogens is 2. The summed E-state index contributed by atoms with van der Waals surface area (Å²) in [5.74, 6) is 0.998. The summed E-state index contributed by atoms with van der Waals surface area (Å²) >= 11 is 0. The van der Waals surface area contributed by atoms with Crippen molar-refractivity contribution in [2.45, 2.75) is 6.42 Å². The van der Waals surface area contributed by atoms with Crippen LogP contribution in [0.15, 0.2) is 60.9 Å². The maximum absolute atomic E-state index is 11.8. The number of methoxy groups -OCH3 is 1. The Morgan fingerprint density at radius 3 is 2.79 bits per heavy atom.